The van der Waals surface area contributed by atoms with Crippen LogP contribution in [0, 0.1) is 0 Å². The molecule has 2 rings (SSSR count). The molecule has 0 bridgehead atoms. The Kier molecular flexibility index (Phi) is 3.95. The summed E-state index contributed by atoms with van der Waals surface area (Å²) < 4.78 is 57.4. The Labute approximate surface area is 119 Å². The van der Waals surface area contributed by atoms with Gasteiger partial charge < -0.3 is 4.42 Å². The molecule has 0 aliphatic heterocycles. The molecule has 110 valence electrons. The molecule has 3 nitrogen and oxygen atoms in total. The average molecular weight is 356 g/mol. The standard InChI is InChI=1S/C12H10BrF4NO2/c1-2-18-7-4-3-6(5-8(7)20-11(18)19)9(13)12(16,17)10(14)15/h3-5,9-10H,2H2,1H3. The van der Waals surface area contributed by atoms with Crippen LogP contribution in [-0.4, -0.2) is 16.9 Å². The van der Waals surface area contributed by atoms with Crippen molar-refractivity contribution in [2.75, 3.05) is 0 Å². The lowest BCUT2D eigenvalue weighted by Gasteiger charge is -2.21. The zero-order chi connectivity index (χ0) is 15.1. The molecule has 20 heavy (non-hydrogen) atoms. The highest BCUT2D eigenvalue weighted by Gasteiger charge is 2.48. The monoisotopic (exact) mass is 355 g/mol. The van der Waals surface area contributed by atoms with Gasteiger partial charge in [-0.25, -0.2) is 13.6 Å². The van der Waals surface area contributed by atoms with Crippen molar-refractivity contribution in [2.24, 2.45) is 0 Å². The van der Waals surface area contributed by atoms with Gasteiger partial charge in [-0.05, 0) is 24.6 Å². The first-order valence-electron chi connectivity index (χ1n) is 5.72. The highest BCUT2D eigenvalue weighted by molar-refractivity contribution is 9.09. The zero-order valence-corrected chi connectivity index (χ0v) is 11.8. The van der Waals surface area contributed by atoms with Crippen LogP contribution < -0.4 is 5.76 Å². The van der Waals surface area contributed by atoms with Crippen LogP contribution in [0.3, 0.4) is 0 Å². The minimum Gasteiger partial charge on any atom is -0.408 e. The molecule has 0 amide bonds. The van der Waals surface area contributed by atoms with E-state index >= 15 is 0 Å². The smallest absolute Gasteiger partial charge is 0.408 e. The minimum atomic E-state index is -4.22. The molecule has 2 aromatic rings. The number of aromatic nitrogens is 1. The number of rotatable bonds is 4. The molecule has 0 saturated heterocycles. The van der Waals surface area contributed by atoms with Crippen LogP contribution in [0.15, 0.2) is 27.4 Å². The van der Waals surface area contributed by atoms with E-state index in [1.807, 2.05) is 0 Å². The van der Waals surface area contributed by atoms with Crippen LogP contribution in [0.25, 0.3) is 11.1 Å². The summed E-state index contributed by atoms with van der Waals surface area (Å²) in [7, 11) is 0. The number of oxazole rings is 1. The molecule has 0 aliphatic rings. The Balaban J connectivity index is 2.50. The number of alkyl halides is 5. The van der Waals surface area contributed by atoms with Gasteiger partial charge in [0.2, 0.25) is 0 Å². The van der Waals surface area contributed by atoms with Gasteiger partial charge in [-0.3, -0.25) is 4.57 Å². The van der Waals surface area contributed by atoms with Gasteiger partial charge in [0.15, 0.2) is 5.58 Å². The maximum atomic E-state index is 13.3. The van der Waals surface area contributed by atoms with Crippen molar-refractivity contribution in [3.05, 3.63) is 34.3 Å². The Bertz CT molecular complexity index is 680. The van der Waals surface area contributed by atoms with Gasteiger partial charge in [0.25, 0.3) is 0 Å². The average Bonchev–Trinajstić information content (AvgIpc) is 2.71. The molecule has 0 spiro atoms. The van der Waals surface area contributed by atoms with Gasteiger partial charge in [-0.1, -0.05) is 22.0 Å². The van der Waals surface area contributed by atoms with Gasteiger partial charge in [0, 0.05) is 6.54 Å². The Morgan fingerprint density at radius 2 is 2.05 bits per heavy atom. The van der Waals surface area contributed by atoms with Gasteiger partial charge in [0.05, 0.1) is 5.52 Å². The molecule has 0 fully saturated rings. The van der Waals surface area contributed by atoms with Crippen LogP contribution in [0.5, 0.6) is 0 Å². The Morgan fingerprint density at radius 1 is 1.40 bits per heavy atom. The number of nitrogens with zero attached hydrogens (tertiary/aromatic N) is 1. The first-order chi connectivity index (χ1) is 9.28. The van der Waals surface area contributed by atoms with Crippen LogP contribution in [-0.2, 0) is 6.54 Å². The van der Waals surface area contributed by atoms with Crippen LogP contribution in [0.2, 0.25) is 0 Å². The second-order valence-electron chi connectivity index (χ2n) is 4.18. The largest absolute Gasteiger partial charge is 0.419 e. The van der Waals surface area contributed by atoms with Crippen LogP contribution in [0.1, 0.15) is 17.3 Å². The fraction of sp³-hybridized carbons (Fsp3) is 0.417. The number of hydrogen-bond donors (Lipinski definition) is 0. The Hall–Kier alpha value is -1.31. The van der Waals surface area contributed by atoms with E-state index in [1.54, 1.807) is 6.92 Å². The number of aryl methyl sites for hydroxylation is 1. The van der Waals surface area contributed by atoms with Gasteiger partial charge in [-0.15, -0.1) is 0 Å². The highest BCUT2D eigenvalue weighted by Crippen LogP contribution is 2.43. The third kappa shape index (κ3) is 2.36. The lowest BCUT2D eigenvalue weighted by atomic mass is 10.1. The lowest BCUT2D eigenvalue weighted by Crippen LogP contribution is -2.31. The summed E-state index contributed by atoms with van der Waals surface area (Å²) in [6, 6.07) is 3.83. The normalized spacial score (nSPS) is 14.2. The second kappa shape index (κ2) is 5.23. The first kappa shape index (κ1) is 15.1. The third-order valence-electron chi connectivity index (χ3n) is 2.93. The summed E-state index contributed by atoms with van der Waals surface area (Å²) in [5.41, 5.74) is 0.435. The molecule has 1 atom stereocenters. The Morgan fingerprint density at radius 3 is 2.60 bits per heavy atom. The van der Waals surface area contributed by atoms with Gasteiger partial charge >= 0.3 is 18.1 Å². The van der Waals surface area contributed by atoms with E-state index in [0.29, 0.717) is 12.1 Å². The quantitative estimate of drug-likeness (QED) is 0.614. The van der Waals surface area contributed by atoms with E-state index in [-0.39, 0.29) is 11.1 Å². The van der Waals surface area contributed by atoms with Crippen molar-refractivity contribution < 1.29 is 22.0 Å². The lowest BCUT2D eigenvalue weighted by molar-refractivity contribution is -0.127. The topological polar surface area (TPSA) is 35.1 Å². The fourth-order valence-electron chi connectivity index (χ4n) is 1.87. The SMILES string of the molecule is CCn1c(=O)oc2cc(C(Br)C(F)(F)C(F)F)ccc21. The van der Waals surface area contributed by atoms with Crippen molar-refractivity contribution in [3.8, 4) is 0 Å². The highest BCUT2D eigenvalue weighted by atomic mass is 79.9. The summed E-state index contributed by atoms with van der Waals surface area (Å²) >= 11 is 2.58. The summed E-state index contributed by atoms with van der Waals surface area (Å²) in [5, 5.41) is 0. The molecular weight excluding hydrogens is 346 g/mol. The number of fused-ring (bicyclic) bond motifs is 1. The van der Waals surface area contributed by atoms with E-state index in [4.69, 9.17) is 4.42 Å². The second-order valence-corrected chi connectivity index (χ2v) is 5.09. The number of benzene rings is 1. The predicted octanol–water partition coefficient (Wildman–Crippen LogP) is 3.95. The van der Waals surface area contributed by atoms with E-state index in [2.05, 4.69) is 15.9 Å². The fourth-order valence-corrected chi connectivity index (χ4v) is 2.36. The van der Waals surface area contributed by atoms with E-state index in [0.717, 1.165) is 0 Å². The molecule has 0 saturated carbocycles. The van der Waals surface area contributed by atoms with Crippen molar-refractivity contribution in [3.63, 3.8) is 0 Å². The minimum absolute atomic E-state index is 0.0835. The molecule has 0 N–H and O–H groups in total. The zero-order valence-electron chi connectivity index (χ0n) is 10.2. The maximum absolute atomic E-state index is 13.3. The number of halogens is 5. The van der Waals surface area contributed by atoms with Crippen LogP contribution in [0.4, 0.5) is 17.6 Å². The summed E-state index contributed by atoms with van der Waals surface area (Å²) in [4.78, 5) is 9.61. The van der Waals surface area contributed by atoms with Crippen molar-refractivity contribution in [1.82, 2.24) is 4.57 Å². The molecule has 0 aliphatic carbocycles. The number of hydrogen-bond acceptors (Lipinski definition) is 2. The molecule has 1 aromatic carbocycles. The van der Waals surface area contributed by atoms with Crippen molar-refractivity contribution >= 4 is 27.0 Å². The van der Waals surface area contributed by atoms with E-state index in [9.17, 15) is 22.4 Å². The molecule has 0 radical (unpaired) electrons. The molecule has 8 heteroatoms. The summed E-state index contributed by atoms with van der Waals surface area (Å²) in [6.07, 6.45) is -3.80. The first-order valence-corrected chi connectivity index (χ1v) is 6.64. The van der Waals surface area contributed by atoms with Gasteiger partial charge in [0.1, 0.15) is 4.83 Å². The summed E-state index contributed by atoms with van der Waals surface area (Å²) in [5.74, 6) is -4.84. The summed E-state index contributed by atoms with van der Waals surface area (Å²) in [6.45, 7) is 2.08. The maximum Gasteiger partial charge on any atom is 0.419 e. The molecular formula is C12H10BrF4NO2. The van der Waals surface area contributed by atoms with Crippen molar-refractivity contribution in [2.45, 2.75) is 30.6 Å². The van der Waals surface area contributed by atoms with Gasteiger partial charge in [-0.2, -0.15) is 8.78 Å². The van der Waals surface area contributed by atoms with E-state index < -0.39 is 22.9 Å². The third-order valence-corrected chi connectivity index (χ3v) is 4.07. The predicted molar refractivity (Wildman–Crippen MR) is 68.8 cm³/mol. The van der Waals surface area contributed by atoms with E-state index in [1.165, 1.54) is 22.8 Å². The molecule has 1 heterocycles. The van der Waals surface area contributed by atoms with Crippen LogP contribution >= 0.6 is 15.9 Å². The molecule has 1 unspecified atom stereocenters. The van der Waals surface area contributed by atoms with Crippen molar-refractivity contribution in [1.29, 1.82) is 0 Å². The molecule has 1 aromatic heterocycles.